The molecule has 2 atom stereocenters. The first kappa shape index (κ1) is 50.3. The van der Waals surface area contributed by atoms with E-state index < -0.39 is 35.0 Å². The average Bonchev–Trinajstić information content (AvgIpc) is 3.28. The van der Waals surface area contributed by atoms with Gasteiger partial charge in [0, 0.05) is 51.1 Å². The van der Waals surface area contributed by atoms with Crippen molar-refractivity contribution in [3.05, 3.63) is 41.7 Å². The Hall–Kier alpha value is -5.11. The van der Waals surface area contributed by atoms with Gasteiger partial charge in [0.15, 0.2) is 34.0 Å². The highest BCUT2D eigenvalue weighted by Crippen LogP contribution is 2.35. The average molecular weight is 977 g/mol. The number of primary amides is 1. The number of alkyl halides is 5. The van der Waals surface area contributed by atoms with Crippen LogP contribution < -0.4 is 66.3 Å². The zero-order valence-corrected chi connectivity index (χ0v) is 37.3. The van der Waals surface area contributed by atoms with Gasteiger partial charge in [0.1, 0.15) is 23.3 Å². The summed E-state index contributed by atoms with van der Waals surface area (Å²) in [6.07, 6.45) is 3.24. The van der Waals surface area contributed by atoms with Crippen molar-refractivity contribution in [3.8, 4) is 0 Å². The van der Waals surface area contributed by atoms with E-state index in [1.165, 1.54) is 11.3 Å². The smallest absolute Gasteiger partial charge is 0.475 e. The molecule has 1 aliphatic carbocycles. The van der Waals surface area contributed by atoms with Crippen LogP contribution in [-0.2, 0) is 14.4 Å². The van der Waals surface area contributed by atoms with Gasteiger partial charge in [-0.25, -0.2) is 51.5 Å². The van der Waals surface area contributed by atoms with E-state index >= 15 is 0 Å². The molecule has 0 aromatic carbocycles. The van der Waals surface area contributed by atoms with Crippen LogP contribution in [0.3, 0.4) is 0 Å². The van der Waals surface area contributed by atoms with Crippen molar-refractivity contribution < 1.29 is 32.7 Å². The molecule has 1 radical (unpaired) electrons. The number of aromatic nitrogens is 3. The van der Waals surface area contributed by atoms with Crippen LogP contribution in [0.15, 0.2) is 33.0 Å². The molecule has 1 saturated carbocycles. The number of fused-ring (bicyclic) bond motifs is 9. The Morgan fingerprint density at radius 3 is 2.00 bits per heavy atom. The van der Waals surface area contributed by atoms with Crippen molar-refractivity contribution in [1.29, 1.82) is 0 Å². The number of hydrazine groups is 6. The molecule has 2 amide bonds. The molecule has 66 heavy (non-hydrogen) atoms. The number of carboxylic acid groups (broad SMARTS) is 1. The first-order valence-electron chi connectivity index (χ1n) is 21.1. The van der Waals surface area contributed by atoms with E-state index in [0.717, 1.165) is 31.5 Å². The SMILES string of the molecule is O=C(O)C(F)(F)F.[CH2]NNNCN1CNNNCNC2=NC(N)=C(C1=O)N(N1CCC(c3nc(NC4CCCCC4)nc(C4CCN(N5C(C(N)=O)=C(N)N=C(N)C5Cl)CC4)n3)CC1)C2Cl. The number of aliphatic imine (C=N–C) groups is 2. The Labute approximate surface area is 387 Å². The van der Waals surface area contributed by atoms with E-state index in [-0.39, 0.29) is 66.8 Å². The summed E-state index contributed by atoms with van der Waals surface area (Å²) >= 11 is 13.8. The number of nitrogens with one attached hydrogen (secondary N) is 8. The number of amidine groups is 2. The Bertz CT molecular complexity index is 2030. The molecular weight excluding hydrogens is 920 g/mol. The largest absolute Gasteiger partial charge is 0.490 e. The zero-order chi connectivity index (χ0) is 47.7. The maximum Gasteiger partial charge on any atom is 0.490 e. The third-order valence-corrected chi connectivity index (χ3v) is 12.2. The predicted octanol–water partition coefficient (Wildman–Crippen LogP) is -2.01. The standard InChI is InChI=1S/C33H55Cl2N22O2.C2HF3O2/c1-40-51-43-16-53-17-44-52-42-15-41-31-24(35)57(22(32(53)59)26(37)47-31)55-13-9-19(10-14-55)30-48-29(49-33(50-30)45-20-5-3-2-4-6-20)18-7-11-54(12-8-18)56-21(28(39)58)25(36)46-27(38)23(56)34;3-2(4,5)1(6)7/h18-20,23-24,40,42-44,51-52H,1-17,36-37H2,(H2,38,46)(H2,39,58)(H,41,47)(H,45,48,49,50);(H,6,7). The van der Waals surface area contributed by atoms with E-state index in [1.54, 1.807) is 10.0 Å². The number of rotatable bonds is 11. The number of piperidine rings is 2. The number of nitrogens with two attached hydrogens (primary N) is 4. The minimum Gasteiger partial charge on any atom is -0.475 e. The molecule has 26 nitrogen and oxygen atoms in total. The Morgan fingerprint density at radius 1 is 0.848 bits per heavy atom. The molecule has 4 fully saturated rings. The van der Waals surface area contributed by atoms with E-state index in [0.29, 0.717) is 69.5 Å². The van der Waals surface area contributed by atoms with Gasteiger partial charge in [-0.2, -0.15) is 34.2 Å². The number of aliphatic carboxylic acids is 1. The van der Waals surface area contributed by atoms with E-state index in [1.807, 2.05) is 10.0 Å². The molecule has 7 aliphatic rings. The van der Waals surface area contributed by atoms with Crippen molar-refractivity contribution in [3.63, 3.8) is 0 Å². The summed E-state index contributed by atoms with van der Waals surface area (Å²) in [5.74, 6) is -1.45. The fourth-order valence-corrected chi connectivity index (χ4v) is 8.81. The van der Waals surface area contributed by atoms with Crippen LogP contribution >= 0.6 is 23.2 Å². The van der Waals surface area contributed by atoms with Gasteiger partial charge in [-0.3, -0.25) is 19.6 Å². The molecule has 17 N–H and O–H groups in total. The normalized spacial score (nSPS) is 23.9. The first-order chi connectivity index (χ1) is 31.5. The lowest BCUT2D eigenvalue weighted by molar-refractivity contribution is -0.192. The number of carboxylic acids is 1. The number of nitrogens with zero attached hydrogens (tertiary/aromatic N) is 10. The second-order valence-electron chi connectivity index (χ2n) is 15.8. The monoisotopic (exact) mass is 975 g/mol. The number of amides is 2. The van der Waals surface area contributed by atoms with E-state index in [4.69, 9.17) is 71.0 Å². The lowest BCUT2D eigenvalue weighted by Gasteiger charge is -2.46. The number of anilines is 1. The maximum atomic E-state index is 14.2. The van der Waals surface area contributed by atoms with Crippen LogP contribution in [-0.4, -0.2) is 144 Å². The van der Waals surface area contributed by atoms with Gasteiger partial charge in [0.2, 0.25) is 5.95 Å². The third-order valence-electron chi connectivity index (χ3n) is 11.4. The van der Waals surface area contributed by atoms with Gasteiger partial charge in [-0.1, -0.05) is 42.5 Å². The summed E-state index contributed by atoms with van der Waals surface area (Å²) in [6.45, 7) is 2.53. The lowest BCUT2D eigenvalue weighted by Crippen LogP contribution is -2.62. The summed E-state index contributed by atoms with van der Waals surface area (Å²) in [5.41, 5.74) is 39.6. The summed E-state index contributed by atoms with van der Waals surface area (Å²) in [5, 5.41) is 21.2. The maximum absolute atomic E-state index is 14.2. The number of carbonyl (C=O) groups excluding carboxylic acids is 2. The highest BCUT2D eigenvalue weighted by Gasteiger charge is 2.42. The van der Waals surface area contributed by atoms with E-state index in [2.05, 4.69) is 60.4 Å². The predicted molar refractivity (Wildman–Crippen MR) is 234 cm³/mol. The summed E-state index contributed by atoms with van der Waals surface area (Å²) in [6, 6.07) is 0.284. The summed E-state index contributed by atoms with van der Waals surface area (Å²) in [4.78, 5) is 60.7. The zero-order valence-electron chi connectivity index (χ0n) is 35.8. The van der Waals surface area contributed by atoms with Gasteiger partial charge in [-0.05, 0) is 38.5 Å². The lowest BCUT2D eigenvalue weighted by atomic mass is 9.94. The van der Waals surface area contributed by atoms with Crippen LogP contribution in [0.1, 0.15) is 81.3 Å². The van der Waals surface area contributed by atoms with Crippen LogP contribution in [0, 0.1) is 7.05 Å². The number of halogens is 5. The molecule has 1 aromatic heterocycles. The van der Waals surface area contributed by atoms with Crippen LogP contribution in [0.25, 0.3) is 0 Å². The highest BCUT2D eigenvalue weighted by atomic mass is 35.5. The molecule has 6 aliphatic heterocycles. The minimum absolute atomic E-state index is 0.00297. The Morgan fingerprint density at radius 2 is 1.44 bits per heavy atom. The molecule has 3 saturated heterocycles. The van der Waals surface area contributed by atoms with Gasteiger partial charge in [-0.15, -0.1) is 0 Å². The van der Waals surface area contributed by atoms with Gasteiger partial charge < -0.3 is 43.6 Å². The van der Waals surface area contributed by atoms with Crippen molar-refractivity contribution in [2.24, 2.45) is 32.9 Å². The van der Waals surface area contributed by atoms with Crippen LogP contribution in [0.4, 0.5) is 19.1 Å². The number of hydrogen-bond donors (Lipinski definition) is 13. The van der Waals surface area contributed by atoms with Gasteiger partial charge in [0.25, 0.3) is 11.8 Å². The van der Waals surface area contributed by atoms with Crippen molar-refractivity contribution in [1.82, 2.24) is 78.0 Å². The molecule has 365 valence electrons. The molecular formula is C35H56Cl2F3N22O4. The number of hydrogen-bond acceptors (Lipinski definition) is 23. The fraction of sp³-hybridized carbons (Fsp3) is 0.629. The second kappa shape index (κ2) is 22.6. The van der Waals surface area contributed by atoms with Crippen molar-refractivity contribution >= 4 is 58.6 Å². The molecule has 1 aromatic rings. The quantitative estimate of drug-likeness (QED) is 0.0493. The molecule has 8 rings (SSSR count). The Kier molecular flexibility index (Phi) is 17.2. The molecule has 31 heteroatoms. The topological polar surface area (TPSA) is 351 Å². The second-order valence-corrected chi connectivity index (χ2v) is 16.6. The minimum atomic E-state index is -5.08. The fourth-order valence-electron chi connectivity index (χ4n) is 8.19. The molecule has 2 bridgehead atoms. The van der Waals surface area contributed by atoms with Crippen LogP contribution in [0.2, 0.25) is 0 Å². The Balaban J connectivity index is 0.000000952. The highest BCUT2D eigenvalue weighted by molar-refractivity contribution is 6.32. The first-order valence-corrected chi connectivity index (χ1v) is 22.0. The van der Waals surface area contributed by atoms with E-state index in [9.17, 15) is 22.8 Å². The molecule has 0 spiro atoms. The third kappa shape index (κ3) is 12.3. The molecule has 2 unspecified atom stereocenters. The van der Waals surface area contributed by atoms with Crippen molar-refractivity contribution in [2.45, 2.75) is 92.8 Å². The summed E-state index contributed by atoms with van der Waals surface area (Å²) in [7, 11) is 3.52. The number of carbonyl (C=O) groups is 3. The van der Waals surface area contributed by atoms with Crippen LogP contribution in [0.5, 0.6) is 0 Å². The van der Waals surface area contributed by atoms with Crippen molar-refractivity contribution in [2.75, 3.05) is 51.5 Å². The summed E-state index contributed by atoms with van der Waals surface area (Å²) < 4.78 is 31.7. The van der Waals surface area contributed by atoms with Gasteiger partial charge in [0.05, 0.1) is 20.0 Å². The van der Waals surface area contributed by atoms with Gasteiger partial charge >= 0.3 is 12.1 Å². The molecule has 7 heterocycles.